The Bertz CT molecular complexity index is 430. The van der Waals surface area contributed by atoms with Crippen molar-refractivity contribution in [2.75, 3.05) is 26.2 Å². The third kappa shape index (κ3) is 2.68. The molecule has 1 spiro atoms. The first-order valence-electron chi connectivity index (χ1n) is 8.33. The number of thiophene rings is 1. The number of rotatable bonds is 4. The Morgan fingerprint density at radius 2 is 2.00 bits per heavy atom. The predicted octanol–water partition coefficient (Wildman–Crippen LogP) is 3.59. The molecule has 1 aromatic rings. The lowest BCUT2D eigenvalue weighted by Gasteiger charge is -2.45. The van der Waals surface area contributed by atoms with E-state index >= 15 is 0 Å². The lowest BCUT2D eigenvalue weighted by Crippen LogP contribution is -2.52. The van der Waals surface area contributed by atoms with E-state index in [0.717, 1.165) is 5.92 Å². The molecule has 1 aliphatic carbocycles. The zero-order chi connectivity index (χ0) is 13.4. The Kier molecular flexibility index (Phi) is 3.61. The first kappa shape index (κ1) is 13.3. The van der Waals surface area contributed by atoms with Gasteiger partial charge in [0.25, 0.3) is 0 Å². The van der Waals surface area contributed by atoms with Crippen molar-refractivity contribution in [1.29, 1.82) is 0 Å². The minimum atomic E-state index is 0.591. The molecule has 0 unspecified atom stereocenters. The topological polar surface area (TPSA) is 6.48 Å². The van der Waals surface area contributed by atoms with Crippen molar-refractivity contribution in [1.82, 2.24) is 9.80 Å². The van der Waals surface area contributed by atoms with Crippen molar-refractivity contribution in [3.8, 4) is 0 Å². The Labute approximate surface area is 126 Å². The molecule has 0 radical (unpaired) electrons. The Morgan fingerprint density at radius 1 is 1.15 bits per heavy atom. The second-order valence-corrected chi connectivity index (χ2v) is 7.91. The first-order valence-corrected chi connectivity index (χ1v) is 9.27. The van der Waals surface area contributed by atoms with Gasteiger partial charge in [-0.3, -0.25) is 9.80 Å². The van der Waals surface area contributed by atoms with Gasteiger partial charge in [-0.1, -0.05) is 0 Å². The van der Waals surface area contributed by atoms with Gasteiger partial charge in [-0.2, -0.15) is 11.3 Å². The molecule has 110 valence electrons. The maximum Gasteiger partial charge on any atom is 0.0242 e. The van der Waals surface area contributed by atoms with Gasteiger partial charge in [0.05, 0.1) is 0 Å². The monoisotopic (exact) mass is 290 g/mol. The van der Waals surface area contributed by atoms with Gasteiger partial charge in [-0.05, 0) is 73.4 Å². The van der Waals surface area contributed by atoms with Crippen LogP contribution in [0.4, 0.5) is 0 Å². The van der Waals surface area contributed by atoms with Gasteiger partial charge < -0.3 is 0 Å². The van der Waals surface area contributed by atoms with Crippen molar-refractivity contribution < 1.29 is 0 Å². The van der Waals surface area contributed by atoms with Gasteiger partial charge >= 0.3 is 0 Å². The quantitative estimate of drug-likeness (QED) is 0.836. The molecule has 3 heteroatoms. The Balaban J connectivity index is 1.35. The second kappa shape index (κ2) is 5.43. The van der Waals surface area contributed by atoms with Crippen LogP contribution in [0.1, 0.15) is 44.1 Å². The molecule has 2 nitrogen and oxygen atoms in total. The van der Waals surface area contributed by atoms with Crippen molar-refractivity contribution in [2.45, 2.75) is 50.6 Å². The summed E-state index contributed by atoms with van der Waals surface area (Å²) in [4.78, 5) is 5.55. The van der Waals surface area contributed by atoms with Crippen LogP contribution >= 0.6 is 11.3 Å². The first-order chi connectivity index (χ1) is 9.84. The third-order valence-electron chi connectivity index (χ3n) is 5.69. The summed E-state index contributed by atoms with van der Waals surface area (Å²) in [6, 6.07) is 2.28. The van der Waals surface area contributed by atoms with E-state index in [1.807, 2.05) is 11.3 Å². The van der Waals surface area contributed by atoms with Crippen LogP contribution in [0.5, 0.6) is 0 Å². The fourth-order valence-electron chi connectivity index (χ4n) is 4.23. The molecule has 0 atom stereocenters. The lowest BCUT2D eigenvalue weighted by atomic mass is 9.84. The highest BCUT2D eigenvalue weighted by atomic mass is 32.1. The van der Waals surface area contributed by atoms with E-state index in [9.17, 15) is 0 Å². The van der Waals surface area contributed by atoms with Gasteiger partial charge in [-0.15, -0.1) is 0 Å². The fraction of sp³-hybridized carbons (Fsp3) is 0.765. The Morgan fingerprint density at radius 3 is 2.70 bits per heavy atom. The Hall–Kier alpha value is -0.380. The second-order valence-electron chi connectivity index (χ2n) is 7.13. The SMILES string of the molecule is c1cc(CN2CCC3(CCCN3CC3CC3)CC2)cs1. The lowest BCUT2D eigenvalue weighted by molar-refractivity contribution is 0.0472. The molecular weight excluding hydrogens is 264 g/mol. The normalized spacial score (nSPS) is 27.4. The van der Waals surface area contributed by atoms with Crippen molar-refractivity contribution >= 4 is 11.3 Å². The maximum absolute atomic E-state index is 2.88. The molecule has 3 heterocycles. The van der Waals surface area contributed by atoms with Crippen molar-refractivity contribution in [3.05, 3.63) is 22.4 Å². The van der Waals surface area contributed by atoms with Crippen LogP contribution < -0.4 is 0 Å². The zero-order valence-corrected chi connectivity index (χ0v) is 13.2. The molecule has 2 saturated heterocycles. The largest absolute Gasteiger partial charge is 0.299 e. The molecule has 0 bridgehead atoms. The minimum Gasteiger partial charge on any atom is -0.299 e. The summed E-state index contributed by atoms with van der Waals surface area (Å²) in [7, 11) is 0. The smallest absolute Gasteiger partial charge is 0.0242 e. The average Bonchev–Trinajstić information content (AvgIpc) is 2.98. The van der Waals surface area contributed by atoms with E-state index < -0.39 is 0 Å². The average molecular weight is 290 g/mol. The van der Waals surface area contributed by atoms with E-state index in [4.69, 9.17) is 0 Å². The molecule has 0 amide bonds. The molecule has 1 saturated carbocycles. The number of likely N-dealkylation sites (tertiary alicyclic amines) is 2. The van der Waals surface area contributed by atoms with Crippen molar-refractivity contribution in [3.63, 3.8) is 0 Å². The molecule has 1 aromatic heterocycles. The van der Waals surface area contributed by atoms with Crippen LogP contribution in [0.15, 0.2) is 16.8 Å². The summed E-state index contributed by atoms with van der Waals surface area (Å²) in [5, 5.41) is 4.51. The maximum atomic E-state index is 2.88. The summed E-state index contributed by atoms with van der Waals surface area (Å²) >= 11 is 1.83. The van der Waals surface area contributed by atoms with E-state index in [-0.39, 0.29) is 0 Å². The number of hydrogen-bond acceptors (Lipinski definition) is 3. The van der Waals surface area contributed by atoms with Crippen LogP contribution in [0.3, 0.4) is 0 Å². The van der Waals surface area contributed by atoms with Crippen LogP contribution in [0, 0.1) is 5.92 Å². The number of hydrogen-bond donors (Lipinski definition) is 0. The molecule has 20 heavy (non-hydrogen) atoms. The van der Waals surface area contributed by atoms with E-state index in [1.165, 1.54) is 76.8 Å². The fourth-order valence-corrected chi connectivity index (χ4v) is 4.89. The van der Waals surface area contributed by atoms with Crippen LogP contribution in [0.25, 0.3) is 0 Å². The summed E-state index contributed by atoms with van der Waals surface area (Å²) in [6.45, 7) is 6.56. The summed E-state index contributed by atoms with van der Waals surface area (Å²) < 4.78 is 0. The molecule has 3 fully saturated rings. The van der Waals surface area contributed by atoms with Gasteiger partial charge in [-0.25, -0.2) is 0 Å². The van der Waals surface area contributed by atoms with E-state index in [1.54, 1.807) is 0 Å². The highest BCUT2D eigenvalue weighted by Crippen LogP contribution is 2.41. The molecular formula is C17H26N2S. The molecule has 4 rings (SSSR count). The van der Waals surface area contributed by atoms with Gasteiger partial charge in [0.15, 0.2) is 0 Å². The van der Waals surface area contributed by atoms with E-state index in [0.29, 0.717) is 5.54 Å². The standard InChI is InChI=1S/C17H26N2S/c1-5-17(19(8-1)13-15-2-3-15)6-9-18(10-7-17)12-16-4-11-20-14-16/h4,11,14-15H,1-3,5-10,12-13H2. The van der Waals surface area contributed by atoms with Gasteiger partial charge in [0, 0.05) is 31.7 Å². The van der Waals surface area contributed by atoms with E-state index in [2.05, 4.69) is 26.6 Å². The van der Waals surface area contributed by atoms with Gasteiger partial charge in [0.2, 0.25) is 0 Å². The third-order valence-corrected chi connectivity index (χ3v) is 6.42. The van der Waals surface area contributed by atoms with Crippen molar-refractivity contribution in [2.24, 2.45) is 5.92 Å². The summed E-state index contributed by atoms with van der Waals surface area (Å²) in [5.74, 6) is 1.05. The highest BCUT2D eigenvalue weighted by molar-refractivity contribution is 7.07. The summed E-state index contributed by atoms with van der Waals surface area (Å²) in [6.07, 6.45) is 8.71. The van der Waals surface area contributed by atoms with Crippen LogP contribution in [-0.4, -0.2) is 41.5 Å². The van der Waals surface area contributed by atoms with Crippen LogP contribution in [0.2, 0.25) is 0 Å². The number of nitrogens with zero attached hydrogens (tertiary/aromatic N) is 2. The number of piperidine rings is 1. The van der Waals surface area contributed by atoms with Crippen LogP contribution in [-0.2, 0) is 6.54 Å². The molecule has 3 aliphatic rings. The highest BCUT2D eigenvalue weighted by Gasteiger charge is 2.44. The minimum absolute atomic E-state index is 0.591. The van der Waals surface area contributed by atoms with Gasteiger partial charge in [0.1, 0.15) is 0 Å². The zero-order valence-electron chi connectivity index (χ0n) is 12.4. The molecule has 0 N–H and O–H groups in total. The molecule has 0 aromatic carbocycles. The molecule has 2 aliphatic heterocycles. The predicted molar refractivity (Wildman–Crippen MR) is 85.1 cm³/mol. The summed E-state index contributed by atoms with van der Waals surface area (Å²) in [5.41, 5.74) is 2.10.